The molecule has 1 aliphatic rings. The molecule has 0 aromatic heterocycles. The molecule has 2 rings (SSSR count). The quantitative estimate of drug-likeness (QED) is 0.801. The van der Waals surface area contributed by atoms with Gasteiger partial charge in [-0.15, -0.1) is 0 Å². The molecular weight excluding hydrogens is 281 g/mol. The van der Waals surface area contributed by atoms with E-state index < -0.39 is 15.8 Å². The zero-order valence-corrected chi connectivity index (χ0v) is 12.3. The van der Waals surface area contributed by atoms with E-state index in [1.54, 1.807) is 0 Å². The summed E-state index contributed by atoms with van der Waals surface area (Å²) in [6.45, 7) is 4.28. The van der Waals surface area contributed by atoms with Gasteiger partial charge in [0, 0.05) is 18.3 Å². The fourth-order valence-electron chi connectivity index (χ4n) is 2.36. The first-order valence-corrected chi connectivity index (χ1v) is 8.16. The third-order valence-electron chi connectivity index (χ3n) is 3.54. The Morgan fingerprint density at radius 1 is 1.35 bits per heavy atom. The van der Waals surface area contributed by atoms with Gasteiger partial charge in [-0.3, -0.25) is 4.90 Å². The van der Waals surface area contributed by atoms with Gasteiger partial charge in [0.2, 0.25) is 10.0 Å². The van der Waals surface area contributed by atoms with Crippen LogP contribution < -0.4 is 10.5 Å². The van der Waals surface area contributed by atoms with E-state index in [1.807, 2.05) is 6.92 Å². The fraction of sp³-hybridized carbons (Fsp3) is 0.538. The lowest BCUT2D eigenvalue weighted by Gasteiger charge is -2.23. The van der Waals surface area contributed by atoms with Crippen LogP contribution in [-0.2, 0) is 10.0 Å². The van der Waals surface area contributed by atoms with Gasteiger partial charge in [0.1, 0.15) is 5.82 Å². The lowest BCUT2D eigenvalue weighted by atomic mass is 10.3. The molecule has 20 heavy (non-hydrogen) atoms. The van der Waals surface area contributed by atoms with Crippen molar-refractivity contribution >= 4 is 15.7 Å². The number of benzene rings is 1. The average molecular weight is 301 g/mol. The van der Waals surface area contributed by atoms with E-state index in [9.17, 15) is 12.8 Å². The summed E-state index contributed by atoms with van der Waals surface area (Å²) in [5.74, 6) is -0.655. The second kappa shape index (κ2) is 6.07. The first-order chi connectivity index (χ1) is 9.38. The average Bonchev–Trinajstić information content (AvgIpc) is 2.88. The second-order valence-corrected chi connectivity index (χ2v) is 6.93. The molecule has 1 fully saturated rings. The lowest BCUT2D eigenvalue weighted by Crippen LogP contribution is -2.40. The zero-order valence-electron chi connectivity index (χ0n) is 11.5. The minimum Gasteiger partial charge on any atom is -0.399 e. The Balaban J connectivity index is 2.03. The first-order valence-electron chi connectivity index (χ1n) is 6.68. The number of rotatable bonds is 5. The Bertz CT molecular complexity index is 551. The van der Waals surface area contributed by atoms with Crippen LogP contribution in [-0.4, -0.2) is 39.0 Å². The van der Waals surface area contributed by atoms with Crippen molar-refractivity contribution in [3.63, 3.8) is 0 Å². The molecular formula is C13H20FN3O2S. The number of anilines is 1. The van der Waals surface area contributed by atoms with Gasteiger partial charge in [-0.2, -0.15) is 0 Å². The highest BCUT2D eigenvalue weighted by atomic mass is 32.2. The summed E-state index contributed by atoms with van der Waals surface area (Å²) in [6, 6.07) is 3.44. The van der Waals surface area contributed by atoms with Crippen LogP contribution in [0.5, 0.6) is 0 Å². The van der Waals surface area contributed by atoms with Crippen molar-refractivity contribution < 1.29 is 12.8 Å². The smallest absolute Gasteiger partial charge is 0.240 e. The zero-order chi connectivity index (χ0) is 14.8. The number of hydrogen-bond acceptors (Lipinski definition) is 4. The van der Waals surface area contributed by atoms with Gasteiger partial charge >= 0.3 is 0 Å². The Kier molecular flexibility index (Phi) is 4.62. The van der Waals surface area contributed by atoms with Crippen LogP contribution in [0.25, 0.3) is 0 Å². The van der Waals surface area contributed by atoms with E-state index in [0.29, 0.717) is 6.54 Å². The van der Waals surface area contributed by atoms with Gasteiger partial charge in [-0.1, -0.05) is 0 Å². The van der Waals surface area contributed by atoms with Gasteiger partial charge in [-0.25, -0.2) is 17.5 Å². The predicted molar refractivity (Wildman–Crippen MR) is 76.3 cm³/mol. The molecule has 0 saturated carbocycles. The molecule has 1 saturated heterocycles. The lowest BCUT2D eigenvalue weighted by molar-refractivity contribution is 0.260. The van der Waals surface area contributed by atoms with E-state index >= 15 is 0 Å². The van der Waals surface area contributed by atoms with E-state index in [1.165, 1.54) is 6.07 Å². The molecule has 0 amide bonds. The number of nitrogens with two attached hydrogens (primary N) is 1. The monoisotopic (exact) mass is 301 g/mol. The van der Waals surface area contributed by atoms with E-state index in [0.717, 1.165) is 38.1 Å². The molecule has 1 atom stereocenters. The number of sulfonamides is 1. The number of halogens is 1. The highest BCUT2D eigenvalue weighted by Crippen LogP contribution is 2.16. The Morgan fingerprint density at radius 2 is 2.00 bits per heavy atom. The third kappa shape index (κ3) is 3.68. The molecule has 5 nitrogen and oxygen atoms in total. The van der Waals surface area contributed by atoms with Crippen LogP contribution in [0.4, 0.5) is 10.1 Å². The highest BCUT2D eigenvalue weighted by molar-refractivity contribution is 7.89. The normalized spacial score (nSPS) is 18.3. The summed E-state index contributed by atoms with van der Waals surface area (Å²) in [7, 11) is -3.73. The molecule has 0 spiro atoms. The van der Waals surface area contributed by atoms with Crippen molar-refractivity contribution in [2.75, 3.05) is 25.4 Å². The number of likely N-dealkylation sites (tertiary alicyclic amines) is 1. The van der Waals surface area contributed by atoms with Crippen molar-refractivity contribution in [2.24, 2.45) is 0 Å². The standard InChI is InChI=1S/C13H20FN3O2S/c1-10(17-4-2-3-5-17)9-16-20(18,19)13-7-11(14)6-12(15)8-13/h6-8,10,16H,2-5,9,15H2,1H3. The van der Waals surface area contributed by atoms with Crippen LogP contribution in [0.3, 0.4) is 0 Å². The van der Waals surface area contributed by atoms with Crippen molar-refractivity contribution in [2.45, 2.75) is 30.7 Å². The van der Waals surface area contributed by atoms with Crippen molar-refractivity contribution in [3.8, 4) is 0 Å². The molecule has 1 aliphatic heterocycles. The molecule has 0 bridgehead atoms. The maximum absolute atomic E-state index is 13.2. The molecule has 1 unspecified atom stereocenters. The SMILES string of the molecule is CC(CNS(=O)(=O)c1cc(N)cc(F)c1)N1CCCC1. The maximum atomic E-state index is 13.2. The molecule has 1 aromatic carbocycles. The number of hydrogen-bond donors (Lipinski definition) is 2. The molecule has 0 aliphatic carbocycles. The number of nitrogen functional groups attached to an aromatic ring is 1. The van der Waals surface area contributed by atoms with Gasteiger partial charge in [0.25, 0.3) is 0 Å². The van der Waals surface area contributed by atoms with E-state index in [4.69, 9.17) is 5.73 Å². The predicted octanol–water partition coefficient (Wildman–Crippen LogP) is 1.17. The number of nitrogens with one attached hydrogen (secondary N) is 1. The minimum absolute atomic E-state index is 0.0953. The summed E-state index contributed by atoms with van der Waals surface area (Å²) < 4.78 is 39.9. The minimum atomic E-state index is -3.73. The van der Waals surface area contributed by atoms with Crippen LogP contribution in [0.1, 0.15) is 19.8 Å². The van der Waals surface area contributed by atoms with Gasteiger partial charge < -0.3 is 5.73 Å². The van der Waals surface area contributed by atoms with Crippen LogP contribution in [0.2, 0.25) is 0 Å². The first kappa shape index (κ1) is 15.2. The second-order valence-electron chi connectivity index (χ2n) is 5.16. The van der Waals surface area contributed by atoms with Crippen molar-refractivity contribution in [3.05, 3.63) is 24.0 Å². The summed E-state index contributed by atoms with van der Waals surface area (Å²) in [6.07, 6.45) is 2.30. The molecule has 1 aromatic rings. The third-order valence-corrected chi connectivity index (χ3v) is 4.94. The van der Waals surface area contributed by atoms with Crippen LogP contribution in [0.15, 0.2) is 23.1 Å². The van der Waals surface area contributed by atoms with Crippen LogP contribution in [0, 0.1) is 5.82 Å². The van der Waals surface area contributed by atoms with Gasteiger partial charge in [-0.05, 0) is 51.1 Å². The summed E-state index contributed by atoms with van der Waals surface area (Å²) >= 11 is 0. The van der Waals surface area contributed by atoms with Gasteiger partial charge in [0.05, 0.1) is 4.90 Å². The van der Waals surface area contributed by atoms with Gasteiger partial charge in [0.15, 0.2) is 0 Å². The molecule has 112 valence electrons. The summed E-state index contributed by atoms with van der Waals surface area (Å²) in [5, 5.41) is 0. The Morgan fingerprint density at radius 3 is 2.60 bits per heavy atom. The van der Waals surface area contributed by atoms with Crippen LogP contribution >= 0.6 is 0 Å². The maximum Gasteiger partial charge on any atom is 0.240 e. The molecule has 0 radical (unpaired) electrons. The molecule has 1 heterocycles. The molecule has 7 heteroatoms. The van der Waals surface area contributed by atoms with Crippen molar-refractivity contribution in [1.29, 1.82) is 0 Å². The highest BCUT2D eigenvalue weighted by Gasteiger charge is 2.21. The Labute approximate surface area is 119 Å². The van der Waals surface area contributed by atoms with E-state index in [-0.39, 0.29) is 16.6 Å². The Hall–Kier alpha value is -1.18. The molecule has 3 N–H and O–H groups in total. The van der Waals surface area contributed by atoms with E-state index in [2.05, 4.69) is 9.62 Å². The van der Waals surface area contributed by atoms with Crippen molar-refractivity contribution in [1.82, 2.24) is 9.62 Å². The largest absolute Gasteiger partial charge is 0.399 e. The fourth-order valence-corrected chi connectivity index (χ4v) is 3.55. The summed E-state index contributed by atoms with van der Waals surface area (Å²) in [4.78, 5) is 2.10. The summed E-state index contributed by atoms with van der Waals surface area (Å²) in [5.41, 5.74) is 5.57. The topological polar surface area (TPSA) is 75.4 Å². The number of nitrogens with zero attached hydrogens (tertiary/aromatic N) is 1.